The maximum atomic E-state index is 13.0. The number of hydrogen-bond donors (Lipinski definition) is 1. The van der Waals surface area contributed by atoms with E-state index in [4.69, 9.17) is 0 Å². The van der Waals surface area contributed by atoms with Crippen LogP contribution in [0.15, 0.2) is 29.8 Å². The summed E-state index contributed by atoms with van der Waals surface area (Å²) in [6, 6.07) is 6.59. The maximum absolute atomic E-state index is 13.0. The van der Waals surface area contributed by atoms with Gasteiger partial charge in [0, 0.05) is 18.5 Å². The van der Waals surface area contributed by atoms with E-state index < -0.39 is 0 Å². The molecule has 2 aromatic rings. The second kappa shape index (κ2) is 6.89. The number of thiazole rings is 1. The van der Waals surface area contributed by atoms with E-state index in [-0.39, 0.29) is 17.3 Å². The standard InChI is InChI=1S/C18H22FN3OS/c1-13-16(24-12-21-13)10-22(2)17(23)20-11-18(7-8-18)9-14-3-5-15(19)6-4-14/h3-6,12H,7-11H2,1-2H3,(H,20,23). The zero-order valence-electron chi connectivity index (χ0n) is 14.0. The molecule has 0 bridgehead atoms. The lowest BCUT2D eigenvalue weighted by Gasteiger charge is -2.21. The minimum Gasteiger partial charge on any atom is -0.337 e. The molecule has 0 atom stereocenters. The molecule has 4 nitrogen and oxygen atoms in total. The van der Waals surface area contributed by atoms with E-state index in [1.807, 2.05) is 19.1 Å². The Morgan fingerprint density at radius 1 is 1.38 bits per heavy atom. The number of rotatable bonds is 6. The van der Waals surface area contributed by atoms with Gasteiger partial charge in [0.25, 0.3) is 0 Å². The predicted octanol–water partition coefficient (Wildman–Crippen LogP) is 3.75. The van der Waals surface area contributed by atoms with Crippen molar-refractivity contribution in [1.82, 2.24) is 15.2 Å². The van der Waals surface area contributed by atoms with Crippen LogP contribution in [0.1, 0.15) is 29.0 Å². The second-order valence-corrected chi connectivity index (χ2v) is 7.62. The predicted molar refractivity (Wildman–Crippen MR) is 93.5 cm³/mol. The van der Waals surface area contributed by atoms with Gasteiger partial charge in [-0.3, -0.25) is 0 Å². The summed E-state index contributed by atoms with van der Waals surface area (Å²) >= 11 is 1.57. The third kappa shape index (κ3) is 4.12. The number of amides is 2. The van der Waals surface area contributed by atoms with Crippen molar-refractivity contribution in [1.29, 1.82) is 0 Å². The molecule has 2 amide bonds. The minimum absolute atomic E-state index is 0.0619. The number of nitrogens with one attached hydrogen (secondary N) is 1. The number of hydrogen-bond acceptors (Lipinski definition) is 3. The van der Waals surface area contributed by atoms with E-state index in [0.717, 1.165) is 35.4 Å². The average molecular weight is 347 g/mol. The van der Waals surface area contributed by atoms with Crippen molar-refractivity contribution < 1.29 is 9.18 Å². The monoisotopic (exact) mass is 347 g/mol. The van der Waals surface area contributed by atoms with Crippen molar-refractivity contribution in [2.75, 3.05) is 13.6 Å². The van der Waals surface area contributed by atoms with Crippen LogP contribution in [0, 0.1) is 18.2 Å². The molecule has 0 radical (unpaired) electrons. The molecule has 1 aliphatic rings. The first-order chi connectivity index (χ1) is 11.5. The molecule has 1 aromatic heterocycles. The molecule has 0 unspecified atom stereocenters. The first-order valence-electron chi connectivity index (χ1n) is 8.10. The van der Waals surface area contributed by atoms with Crippen LogP contribution in [0.3, 0.4) is 0 Å². The Kier molecular flexibility index (Phi) is 4.85. The van der Waals surface area contributed by atoms with E-state index in [9.17, 15) is 9.18 Å². The van der Waals surface area contributed by atoms with Crippen molar-refractivity contribution in [3.63, 3.8) is 0 Å². The molecular formula is C18H22FN3OS. The zero-order chi connectivity index (χ0) is 17.2. The number of halogens is 1. The number of benzene rings is 1. The van der Waals surface area contributed by atoms with Gasteiger partial charge in [-0.25, -0.2) is 14.2 Å². The van der Waals surface area contributed by atoms with Crippen LogP contribution in [0.5, 0.6) is 0 Å². The molecule has 24 heavy (non-hydrogen) atoms. The van der Waals surface area contributed by atoms with Gasteiger partial charge in [-0.15, -0.1) is 11.3 Å². The lowest BCUT2D eigenvalue weighted by Crippen LogP contribution is -2.40. The van der Waals surface area contributed by atoms with Crippen LogP contribution in [-0.4, -0.2) is 29.5 Å². The van der Waals surface area contributed by atoms with Crippen molar-refractivity contribution in [3.8, 4) is 0 Å². The minimum atomic E-state index is -0.211. The van der Waals surface area contributed by atoms with Crippen LogP contribution in [-0.2, 0) is 13.0 Å². The van der Waals surface area contributed by atoms with Crippen molar-refractivity contribution in [2.24, 2.45) is 5.41 Å². The molecule has 1 fully saturated rings. The van der Waals surface area contributed by atoms with Crippen LogP contribution >= 0.6 is 11.3 Å². The fourth-order valence-corrected chi connectivity index (χ4v) is 3.62. The fourth-order valence-electron chi connectivity index (χ4n) is 2.79. The SMILES string of the molecule is Cc1ncsc1CN(C)C(=O)NCC1(Cc2ccc(F)cc2)CC1. The van der Waals surface area contributed by atoms with E-state index in [2.05, 4.69) is 10.3 Å². The normalized spacial score (nSPS) is 15.1. The van der Waals surface area contributed by atoms with Gasteiger partial charge in [-0.05, 0) is 49.3 Å². The lowest BCUT2D eigenvalue weighted by atomic mass is 9.96. The number of nitrogens with zero attached hydrogens (tertiary/aromatic N) is 2. The topological polar surface area (TPSA) is 45.2 Å². The smallest absolute Gasteiger partial charge is 0.317 e. The number of carbonyl (C=O) groups excluding carboxylic acids is 1. The highest BCUT2D eigenvalue weighted by Gasteiger charge is 2.42. The second-order valence-electron chi connectivity index (χ2n) is 6.68. The molecule has 1 aliphatic carbocycles. The summed E-state index contributed by atoms with van der Waals surface area (Å²) in [7, 11) is 1.80. The summed E-state index contributed by atoms with van der Waals surface area (Å²) in [4.78, 5) is 19.3. The molecule has 1 N–H and O–H groups in total. The number of aryl methyl sites for hydroxylation is 1. The van der Waals surface area contributed by atoms with Gasteiger partial charge in [0.05, 0.1) is 17.7 Å². The lowest BCUT2D eigenvalue weighted by molar-refractivity contribution is 0.204. The Bertz CT molecular complexity index is 709. The Labute approximate surface area is 145 Å². The van der Waals surface area contributed by atoms with Gasteiger partial charge in [0.1, 0.15) is 5.82 Å². The Balaban J connectivity index is 1.50. The highest BCUT2D eigenvalue weighted by molar-refractivity contribution is 7.09. The molecule has 0 spiro atoms. The van der Waals surface area contributed by atoms with Crippen LogP contribution in [0.4, 0.5) is 9.18 Å². The molecule has 6 heteroatoms. The molecule has 1 saturated carbocycles. The number of aromatic nitrogens is 1. The number of urea groups is 1. The van der Waals surface area contributed by atoms with Crippen molar-refractivity contribution in [2.45, 2.75) is 32.7 Å². The van der Waals surface area contributed by atoms with Crippen molar-refractivity contribution in [3.05, 3.63) is 51.7 Å². The molecule has 0 saturated heterocycles. The Hall–Kier alpha value is -1.95. The molecular weight excluding hydrogens is 325 g/mol. The van der Waals surface area contributed by atoms with Gasteiger partial charge < -0.3 is 10.2 Å². The molecule has 3 rings (SSSR count). The Morgan fingerprint density at radius 2 is 2.08 bits per heavy atom. The molecule has 128 valence electrons. The zero-order valence-corrected chi connectivity index (χ0v) is 14.8. The van der Waals surface area contributed by atoms with E-state index >= 15 is 0 Å². The quantitative estimate of drug-likeness (QED) is 0.865. The van der Waals surface area contributed by atoms with Gasteiger partial charge in [0.2, 0.25) is 0 Å². The summed E-state index contributed by atoms with van der Waals surface area (Å²) in [6.07, 6.45) is 3.08. The molecule has 1 heterocycles. The average Bonchev–Trinajstić information content (AvgIpc) is 3.22. The third-order valence-electron chi connectivity index (χ3n) is 4.64. The Morgan fingerprint density at radius 3 is 2.67 bits per heavy atom. The van der Waals surface area contributed by atoms with E-state index in [0.29, 0.717) is 13.1 Å². The first-order valence-corrected chi connectivity index (χ1v) is 8.98. The summed E-state index contributed by atoms with van der Waals surface area (Å²) in [6.45, 7) is 3.20. The summed E-state index contributed by atoms with van der Waals surface area (Å²) in [5.41, 5.74) is 4.04. The summed E-state index contributed by atoms with van der Waals surface area (Å²) in [5.74, 6) is -0.211. The maximum Gasteiger partial charge on any atom is 0.317 e. The molecule has 1 aromatic carbocycles. The van der Waals surface area contributed by atoms with Crippen LogP contribution < -0.4 is 5.32 Å². The molecule has 0 aliphatic heterocycles. The van der Waals surface area contributed by atoms with E-state index in [1.54, 1.807) is 28.8 Å². The van der Waals surface area contributed by atoms with Gasteiger partial charge in [-0.1, -0.05) is 12.1 Å². The highest BCUT2D eigenvalue weighted by Crippen LogP contribution is 2.47. The van der Waals surface area contributed by atoms with Gasteiger partial charge in [-0.2, -0.15) is 0 Å². The number of carbonyl (C=O) groups is 1. The van der Waals surface area contributed by atoms with Crippen molar-refractivity contribution >= 4 is 17.4 Å². The van der Waals surface area contributed by atoms with Gasteiger partial charge >= 0.3 is 6.03 Å². The van der Waals surface area contributed by atoms with Crippen LogP contribution in [0.25, 0.3) is 0 Å². The third-order valence-corrected chi connectivity index (χ3v) is 5.56. The first kappa shape index (κ1) is 16.9. The summed E-state index contributed by atoms with van der Waals surface area (Å²) in [5, 5.41) is 3.05. The highest BCUT2D eigenvalue weighted by atomic mass is 32.1. The fraction of sp³-hybridized carbons (Fsp3) is 0.444. The largest absolute Gasteiger partial charge is 0.337 e. The van der Waals surface area contributed by atoms with Gasteiger partial charge in [0.15, 0.2) is 0 Å². The van der Waals surface area contributed by atoms with Crippen LogP contribution in [0.2, 0.25) is 0 Å². The summed E-state index contributed by atoms with van der Waals surface area (Å²) < 4.78 is 13.0. The van der Waals surface area contributed by atoms with E-state index in [1.165, 1.54) is 12.1 Å².